The Hall–Kier alpha value is -2.47. The van der Waals surface area contributed by atoms with E-state index in [2.05, 4.69) is 26.8 Å². The molecule has 0 aliphatic carbocycles. The zero-order chi connectivity index (χ0) is 16.9. The van der Waals surface area contributed by atoms with Crippen LogP contribution < -0.4 is 9.80 Å². The van der Waals surface area contributed by atoms with Gasteiger partial charge in [0.05, 0.1) is 0 Å². The Bertz CT molecular complexity index is 683. The standard InChI is InChI=1S/C18H23N5O/c1-3-23(15-7-5-4-6-8-15)17(24)16-9-10-19-18(20-16)22-13-11-21(2)12-14-22/h4-10H,3,11-14H2,1-2H3. The number of benzene rings is 1. The van der Waals surface area contributed by atoms with Gasteiger partial charge in [0, 0.05) is 44.6 Å². The molecular weight excluding hydrogens is 302 g/mol. The molecule has 2 heterocycles. The van der Waals surface area contributed by atoms with Crippen molar-refractivity contribution in [2.75, 3.05) is 49.6 Å². The topological polar surface area (TPSA) is 52.6 Å². The molecule has 3 rings (SSSR count). The van der Waals surface area contributed by atoms with E-state index in [4.69, 9.17) is 0 Å². The van der Waals surface area contributed by atoms with Crippen LogP contribution in [-0.4, -0.2) is 60.5 Å². The average molecular weight is 325 g/mol. The first kappa shape index (κ1) is 16.4. The number of carbonyl (C=O) groups excluding carboxylic acids is 1. The molecule has 6 heteroatoms. The van der Waals surface area contributed by atoms with Gasteiger partial charge in [-0.3, -0.25) is 4.79 Å². The summed E-state index contributed by atoms with van der Waals surface area (Å²) in [5, 5.41) is 0. The fraction of sp³-hybridized carbons (Fsp3) is 0.389. The van der Waals surface area contributed by atoms with E-state index < -0.39 is 0 Å². The molecule has 126 valence electrons. The zero-order valence-corrected chi connectivity index (χ0v) is 14.2. The number of hydrogen-bond donors (Lipinski definition) is 0. The van der Waals surface area contributed by atoms with E-state index >= 15 is 0 Å². The number of amides is 1. The largest absolute Gasteiger partial charge is 0.338 e. The number of rotatable bonds is 4. The molecule has 0 bridgehead atoms. The van der Waals surface area contributed by atoms with Gasteiger partial charge in [0.25, 0.3) is 5.91 Å². The van der Waals surface area contributed by atoms with Crippen LogP contribution in [0.1, 0.15) is 17.4 Å². The summed E-state index contributed by atoms with van der Waals surface area (Å²) in [5.74, 6) is 0.541. The van der Waals surface area contributed by atoms with Crippen LogP contribution in [0, 0.1) is 0 Å². The van der Waals surface area contributed by atoms with Gasteiger partial charge in [-0.15, -0.1) is 0 Å². The van der Waals surface area contributed by atoms with Gasteiger partial charge in [-0.2, -0.15) is 0 Å². The van der Waals surface area contributed by atoms with Crippen molar-refractivity contribution < 1.29 is 4.79 Å². The lowest BCUT2D eigenvalue weighted by molar-refractivity contribution is 0.0983. The second kappa shape index (κ2) is 7.40. The summed E-state index contributed by atoms with van der Waals surface area (Å²) in [5.41, 5.74) is 1.31. The molecule has 1 fully saturated rings. The lowest BCUT2D eigenvalue weighted by Gasteiger charge is -2.32. The minimum atomic E-state index is -0.0959. The predicted octanol–water partition coefficient (Wildman–Crippen LogP) is 1.90. The van der Waals surface area contributed by atoms with Gasteiger partial charge in [-0.1, -0.05) is 18.2 Å². The molecule has 24 heavy (non-hydrogen) atoms. The third-order valence-corrected chi connectivity index (χ3v) is 4.28. The third-order valence-electron chi connectivity index (χ3n) is 4.28. The number of piperazine rings is 1. The molecule has 0 atom stereocenters. The third kappa shape index (κ3) is 3.54. The maximum Gasteiger partial charge on any atom is 0.277 e. The molecule has 0 radical (unpaired) electrons. The normalized spacial score (nSPS) is 15.3. The molecule has 0 N–H and O–H groups in total. The molecule has 1 aliphatic heterocycles. The fourth-order valence-electron chi connectivity index (χ4n) is 2.82. The number of nitrogens with zero attached hydrogens (tertiary/aromatic N) is 5. The maximum atomic E-state index is 12.9. The van der Waals surface area contributed by atoms with Crippen LogP contribution in [0.25, 0.3) is 0 Å². The molecule has 0 unspecified atom stereocenters. The number of para-hydroxylation sites is 1. The van der Waals surface area contributed by atoms with Crippen LogP contribution in [0.5, 0.6) is 0 Å². The van der Waals surface area contributed by atoms with Crippen molar-refractivity contribution in [2.45, 2.75) is 6.92 Å². The Balaban J connectivity index is 1.81. The van der Waals surface area contributed by atoms with E-state index in [1.807, 2.05) is 37.3 Å². The Morgan fingerprint density at radius 3 is 2.50 bits per heavy atom. The molecule has 1 amide bonds. The minimum absolute atomic E-state index is 0.0959. The summed E-state index contributed by atoms with van der Waals surface area (Å²) < 4.78 is 0. The number of likely N-dealkylation sites (N-methyl/N-ethyl adjacent to an activating group) is 1. The van der Waals surface area contributed by atoms with E-state index in [1.165, 1.54) is 0 Å². The van der Waals surface area contributed by atoms with Crippen molar-refractivity contribution in [3.05, 3.63) is 48.3 Å². The van der Waals surface area contributed by atoms with Crippen LogP contribution in [-0.2, 0) is 0 Å². The molecule has 6 nitrogen and oxygen atoms in total. The Morgan fingerprint density at radius 2 is 1.83 bits per heavy atom. The second-order valence-electron chi connectivity index (χ2n) is 5.92. The van der Waals surface area contributed by atoms with Crippen molar-refractivity contribution in [3.8, 4) is 0 Å². The van der Waals surface area contributed by atoms with E-state index in [0.29, 0.717) is 18.2 Å². The molecule has 1 saturated heterocycles. The van der Waals surface area contributed by atoms with Crippen LogP contribution in [0.4, 0.5) is 11.6 Å². The highest BCUT2D eigenvalue weighted by molar-refractivity contribution is 6.04. The quantitative estimate of drug-likeness (QED) is 0.859. The molecule has 1 aromatic heterocycles. The van der Waals surface area contributed by atoms with E-state index in [0.717, 1.165) is 31.9 Å². The fourth-order valence-corrected chi connectivity index (χ4v) is 2.82. The molecule has 1 aliphatic rings. The predicted molar refractivity (Wildman–Crippen MR) is 95.5 cm³/mol. The summed E-state index contributed by atoms with van der Waals surface area (Å²) in [6.07, 6.45) is 1.67. The van der Waals surface area contributed by atoms with Gasteiger partial charge in [0.15, 0.2) is 0 Å². The SMILES string of the molecule is CCN(C(=O)c1ccnc(N2CCN(C)CC2)n1)c1ccccc1. The molecule has 0 saturated carbocycles. The first-order valence-electron chi connectivity index (χ1n) is 8.32. The number of aromatic nitrogens is 2. The van der Waals surface area contributed by atoms with Crippen LogP contribution in [0.2, 0.25) is 0 Å². The van der Waals surface area contributed by atoms with Gasteiger partial charge in [0.1, 0.15) is 5.69 Å². The Labute approximate surface area is 142 Å². The monoisotopic (exact) mass is 325 g/mol. The highest BCUT2D eigenvalue weighted by Crippen LogP contribution is 2.17. The van der Waals surface area contributed by atoms with Gasteiger partial charge < -0.3 is 14.7 Å². The van der Waals surface area contributed by atoms with Crippen molar-refractivity contribution in [2.24, 2.45) is 0 Å². The van der Waals surface area contributed by atoms with Gasteiger partial charge in [0.2, 0.25) is 5.95 Å². The molecule has 2 aromatic rings. The van der Waals surface area contributed by atoms with Crippen molar-refractivity contribution in [3.63, 3.8) is 0 Å². The Morgan fingerprint density at radius 1 is 1.12 bits per heavy atom. The Kier molecular flexibility index (Phi) is 5.05. The van der Waals surface area contributed by atoms with Crippen molar-refractivity contribution in [1.82, 2.24) is 14.9 Å². The minimum Gasteiger partial charge on any atom is -0.338 e. The number of carbonyl (C=O) groups is 1. The lowest BCUT2D eigenvalue weighted by atomic mass is 10.2. The number of hydrogen-bond acceptors (Lipinski definition) is 5. The zero-order valence-electron chi connectivity index (χ0n) is 14.2. The summed E-state index contributed by atoms with van der Waals surface area (Å²) >= 11 is 0. The van der Waals surface area contributed by atoms with E-state index in [9.17, 15) is 4.79 Å². The number of anilines is 2. The lowest BCUT2D eigenvalue weighted by Crippen LogP contribution is -2.45. The summed E-state index contributed by atoms with van der Waals surface area (Å²) in [7, 11) is 2.11. The highest BCUT2D eigenvalue weighted by Gasteiger charge is 2.21. The van der Waals surface area contributed by atoms with Gasteiger partial charge >= 0.3 is 0 Å². The van der Waals surface area contributed by atoms with Crippen molar-refractivity contribution in [1.29, 1.82) is 0 Å². The van der Waals surface area contributed by atoms with Crippen LogP contribution in [0.15, 0.2) is 42.6 Å². The molecule has 1 aromatic carbocycles. The summed E-state index contributed by atoms with van der Waals surface area (Å²) in [6.45, 7) is 6.28. The first-order valence-corrected chi connectivity index (χ1v) is 8.32. The first-order chi connectivity index (χ1) is 11.7. The van der Waals surface area contributed by atoms with Crippen molar-refractivity contribution >= 4 is 17.5 Å². The van der Waals surface area contributed by atoms with Crippen LogP contribution >= 0.6 is 0 Å². The van der Waals surface area contributed by atoms with Gasteiger partial charge in [-0.05, 0) is 32.2 Å². The van der Waals surface area contributed by atoms with Crippen LogP contribution in [0.3, 0.4) is 0 Å². The van der Waals surface area contributed by atoms with Gasteiger partial charge in [-0.25, -0.2) is 9.97 Å². The maximum absolute atomic E-state index is 12.9. The second-order valence-corrected chi connectivity index (χ2v) is 5.92. The highest BCUT2D eigenvalue weighted by atomic mass is 16.2. The smallest absolute Gasteiger partial charge is 0.277 e. The summed E-state index contributed by atoms with van der Waals surface area (Å²) in [4.78, 5) is 27.9. The summed E-state index contributed by atoms with van der Waals surface area (Å²) in [6, 6.07) is 11.4. The molecule has 0 spiro atoms. The molecular formula is C18H23N5O. The van der Waals surface area contributed by atoms with E-state index in [1.54, 1.807) is 17.2 Å². The van der Waals surface area contributed by atoms with E-state index in [-0.39, 0.29) is 5.91 Å². The average Bonchev–Trinajstić information content (AvgIpc) is 2.64.